The zero-order chi connectivity index (χ0) is 30.6. The lowest BCUT2D eigenvalue weighted by Crippen LogP contribution is -2.32. The molecule has 0 saturated carbocycles. The van der Waals surface area contributed by atoms with Crippen LogP contribution in [0.3, 0.4) is 0 Å². The van der Waals surface area contributed by atoms with Crippen molar-refractivity contribution in [3.63, 3.8) is 0 Å². The molecular formula is C33H43N5O4. The predicted octanol–water partition coefficient (Wildman–Crippen LogP) is 7.04. The second kappa shape index (κ2) is 15.6. The molecule has 0 radical (unpaired) electrons. The molecule has 0 aliphatic rings. The number of carbonyl (C=O) groups is 2. The Morgan fingerprint density at radius 1 is 0.905 bits per heavy atom. The van der Waals surface area contributed by atoms with Crippen molar-refractivity contribution in [2.45, 2.75) is 60.3 Å². The maximum absolute atomic E-state index is 13.2. The minimum atomic E-state index is -0.363. The molecule has 0 aliphatic carbocycles. The fourth-order valence-electron chi connectivity index (χ4n) is 4.66. The van der Waals surface area contributed by atoms with Gasteiger partial charge in [0.25, 0.3) is 11.8 Å². The molecule has 224 valence electrons. The Morgan fingerprint density at radius 2 is 1.67 bits per heavy atom. The molecule has 1 N–H and O–H groups in total. The number of carbonyl (C=O) groups excluding carboxylic acids is 2. The lowest BCUT2D eigenvalue weighted by Gasteiger charge is -2.22. The second-order valence-corrected chi connectivity index (χ2v) is 9.68. The van der Waals surface area contributed by atoms with E-state index in [4.69, 9.17) is 9.47 Å². The number of methoxy groups -OCH3 is 2. The summed E-state index contributed by atoms with van der Waals surface area (Å²) in [6, 6.07) is 14.4. The van der Waals surface area contributed by atoms with Gasteiger partial charge >= 0.3 is 0 Å². The first-order valence-corrected chi connectivity index (χ1v) is 14.7. The highest BCUT2D eigenvalue weighted by Crippen LogP contribution is 2.32. The van der Waals surface area contributed by atoms with E-state index in [-0.39, 0.29) is 17.5 Å². The monoisotopic (exact) mass is 573 g/mol. The Morgan fingerprint density at radius 3 is 2.33 bits per heavy atom. The molecule has 0 bridgehead atoms. The normalized spacial score (nSPS) is 10.5. The van der Waals surface area contributed by atoms with E-state index in [1.165, 1.54) is 0 Å². The quantitative estimate of drug-likeness (QED) is 0.183. The van der Waals surface area contributed by atoms with Crippen LogP contribution >= 0.6 is 0 Å². The number of aryl methyl sites for hydroxylation is 1. The van der Waals surface area contributed by atoms with Crippen LogP contribution in [-0.2, 0) is 0 Å². The minimum Gasteiger partial charge on any atom is -0.493 e. The molecule has 2 aromatic carbocycles. The number of fused-ring (bicyclic) bond motifs is 1. The zero-order valence-electron chi connectivity index (χ0n) is 25.9. The van der Waals surface area contributed by atoms with E-state index >= 15 is 0 Å². The van der Waals surface area contributed by atoms with Crippen molar-refractivity contribution in [2.24, 2.45) is 0 Å². The van der Waals surface area contributed by atoms with Gasteiger partial charge in [-0.2, -0.15) is 5.10 Å². The van der Waals surface area contributed by atoms with Crippen molar-refractivity contribution in [1.82, 2.24) is 19.5 Å². The summed E-state index contributed by atoms with van der Waals surface area (Å²) in [5.74, 6) is 0.868. The van der Waals surface area contributed by atoms with Crippen LogP contribution in [0.4, 0.5) is 5.69 Å². The number of unbranched alkanes of at least 4 members (excludes halogenated alkanes) is 2. The molecule has 2 aromatic heterocycles. The summed E-state index contributed by atoms with van der Waals surface area (Å²) in [6.45, 7) is 11.6. The van der Waals surface area contributed by atoms with Crippen molar-refractivity contribution in [2.75, 3.05) is 32.6 Å². The Labute approximate surface area is 248 Å². The van der Waals surface area contributed by atoms with E-state index in [1.807, 2.05) is 56.0 Å². The van der Waals surface area contributed by atoms with Gasteiger partial charge in [0, 0.05) is 42.2 Å². The lowest BCUT2D eigenvalue weighted by atomic mass is 10.1. The molecule has 9 nitrogen and oxygen atoms in total. The van der Waals surface area contributed by atoms with Gasteiger partial charge in [0.05, 0.1) is 19.9 Å². The van der Waals surface area contributed by atoms with Crippen LogP contribution in [0.1, 0.15) is 79.8 Å². The summed E-state index contributed by atoms with van der Waals surface area (Å²) >= 11 is 0. The van der Waals surface area contributed by atoms with Gasteiger partial charge in [-0.25, -0.2) is 9.50 Å². The van der Waals surface area contributed by atoms with Crippen LogP contribution in [0, 0.1) is 6.92 Å². The zero-order valence-corrected chi connectivity index (χ0v) is 25.9. The van der Waals surface area contributed by atoms with Gasteiger partial charge in [-0.1, -0.05) is 40.5 Å². The van der Waals surface area contributed by atoms with Crippen molar-refractivity contribution in [3.8, 4) is 22.8 Å². The maximum Gasteiger partial charge on any atom is 0.276 e. The van der Waals surface area contributed by atoms with Crippen molar-refractivity contribution in [3.05, 3.63) is 71.5 Å². The van der Waals surface area contributed by atoms with Crippen LogP contribution in [0.2, 0.25) is 0 Å². The SMILES string of the molecule is CC.CCCCCN(CCC)C(=O)c1ccc(NC(=O)c2cc3nccc(-c4ccc(OC)c(OC)c4)n3n2)c(C)c1. The largest absolute Gasteiger partial charge is 0.493 e. The fraction of sp³-hybridized carbons (Fsp3) is 0.394. The molecule has 2 heterocycles. The van der Waals surface area contributed by atoms with Crippen LogP contribution in [0.25, 0.3) is 16.9 Å². The number of hydrogen-bond donors (Lipinski definition) is 1. The number of nitrogens with zero attached hydrogens (tertiary/aromatic N) is 4. The van der Waals surface area contributed by atoms with Crippen LogP contribution in [0.5, 0.6) is 11.5 Å². The average Bonchev–Trinajstić information content (AvgIpc) is 3.47. The number of ether oxygens (including phenoxy) is 2. The Kier molecular flexibility index (Phi) is 11.9. The van der Waals surface area contributed by atoms with E-state index < -0.39 is 0 Å². The number of aromatic nitrogens is 3. The smallest absolute Gasteiger partial charge is 0.276 e. The van der Waals surface area contributed by atoms with Gasteiger partial charge in [0.15, 0.2) is 22.8 Å². The van der Waals surface area contributed by atoms with Crippen molar-refractivity contribution in [1.29, 1.82) is 0 Å². The van der Waals surface area contributed by atoms with Crippen LogP contribution < -0.4 is 14.8 Å². The molecule has 0 fully saturated rings. The first-order valence-electron chi connectivity index (χ1n) is 14.7. The van der Waals surface area contributed by atoms with Gasteiger partial charge in [-0.05, 0) is 67.8 Å². The first kappa shape index (κ1) is 32.1. The molecule has 9 heteroatoms. The molecule has 0 spiro atoms. The minimum absolute atomic E-state index is 0.0213. The van der Waals surface area contributed by atoms with Crippen molar-refractivity contribution >= 4 is 23.1 Å². The predicted molar refractivity (Wildman–Crippen MR) is 168 cm³/mol. The molecule has 42 heavy (non-hydrogen) atoms. The van der Waals surface area contributed by atoms with E-state index in [9.17, 15) is 9.59 Å². The van der Waals surface area contributed by atoms with E-state index in [2.05, 4.69) is 29.2 Å². The number of benzene rings is 2. The van der Waals surface area contributed by atoms with Gasteiger partial charge in [-0.15, -0.1) is 0 Å². The highest BCUT2D eigenvalue weighted by atomic mass is 16.5. The highest BCUT2D eigenvalue weighted by Gasteiger charge is 2.19. The Balaban J connectivity index is 0.00000237. The maximum atomic E-state index is 13.2. The number of hydrogen-bond acceptors (Lipinski definition) is 6. The number of nitrogens with one attached hydrogen (secondary N) is 1. The van der Waals surface area contributed by atoms with E-state index in [0.717, 1.165) is 55.6 Å². The second-order valence-electron chi connectivity index (χ2n) is 9.68. The van der Waals surface area contributed by atoms with E-state index in [1.54, 1.807) is 43.1 Å². The summed E-state index contributed by atoms with van der Waals surface area (Å²) in [7, 11) is 3.17. The molecule has 4 rings (SSSR count). The van der Waals surface area contributed by atoms with Gasteiger partial charge in [0.2, 0.25) is 0 Å². The van der Waals surface area contributed by atoms with Gasteiger partial charge < -0.3 is 19.7 Å². The van der Waals surface area contributed by atoms with Crippen LogP contribution in [0.15, 0.2) is 54.7 Å². The molecule has 0 unspecified atom stereocenters. The Bertz CT molecular complexity index is 1500. The van der Waals surface area contributed by atoms with Crippen LogP contribution in [-0.4, -0.2) is 58.6 Å². The molecule has 0 saturated heterocycles. The Hall–Kier alpha value is -4.40. The molecule has 0 aliphatic heterocycles. The summed E-state index contributed by atoms with van der Waals surface area (Å²) < 4.78 is 12.4. The van der Waals surface area contributed by atoms with Gasteiger partial charge in [0.1, 0.15) is 0 Å². The topological polar surface area (TPSA) is 98.1 Å². The summed E-state index contributed by atoms with van der Waals surface area (Å²) in [4.78, 5) is 32.7. The standard InChI is InChI=1S/C31H37N5O4.C2H6/c1-6-8-9-17-35(16-7-2)31(38)23-10-12-24(21(3)18-23)33-30(37)25-20-29-32-15-14-26(36(29)34-25)22-11-13-27(39-4)28(19-22)40-5;1-2/h10-15,18-20H,6-9,16-17H2,1-5H3,(H,33,37);1-2H3. The number of amides is 2. The summed E-state index contributed by atoms with van der Waals surface area (Å²) in [5, 5.41) is 7.49. The molecule has 0 atom stereocenters. The molecule has 2 amide bonds. The van der Waals surface area contributed by atoms with Gasteiger partial charge in [-0.3, -0.25) is 9.59 Å². The third-order valence-corrected chi connectivity index (χ3v) is 6.80. The molecule has 4 aromatic rings. The third kappa shape index (κ3) is 7.46. The summed E-state index contributed by atoms with van der Waals surface area (Å²) in [6.07, 6.45) is 5.80. The summed E-state index contributed by atoms with van der Waals surface area (Å²) in [5.41, 5.74) is 4.40. The molecular weight excluding hydrogens is 530 g/mol. The highest BCUT2D eigenvalue weighted by molar-refractivity contribution is 6.04. The number of rotatable bonds is 12. The van der Waals surface area contributed by atoms with Crippen molar-refractivity contribution < 1.29 is 19.1 Å². The third-order valence-electron chi connectivity index (χ3n) is 6.80. The average molecular weight is 574 g/mol. The van der Waals surface area contributed by atoms with E-state index in [0.29, 0.717) is 28.4 Å². The lowest BCUT2D eigenvalue weighted by molar-refractivity contribution is 0.0752. The number of anilines is 1. The first-order chi connectivity index (χ1) is 20.4. The fourth-order valence-corrected chi connectivity index (χ4v) is 4.66.